The first kappa shape index (κ1) is 10.5. The van der Waals surface area contributed by atoms with Crippen molar-refractivity contribution in [2.24, 2.45) is 0 Å². The van der Waals surface area contributed by atoms with Gasteiger partial charge in [0, 0.05) is 18.1 Å². The summed E-state index contributed by atoms with van der Waals surface area (Å²) in [6.07, 6.45) is 3.41. The number of anilines is 1. The van der Waals surface area contributed by atoms with E-state index in [4.69, 9.17) is 0 Å². The van der Waals surface area contributed by atoms with Crippen LogP contribution in [0.1, 0.15) is 21.5 Å². The average molecular weight is 214 g/mol. The molecular weight excluding hydrogens is 200 g/mol. The second-order valence-corrected chi connectivity index (χ2v) is 3.93. The Morgan fingerprint density at radius 3 is 2.44 bits per heavy atom. The first-order chi connectivity index (χ1) is 7.65. The highest BCUT2D eigenvalue weighted by molar-refractivity contribution is 6.04. The molecule has 0 bridgehead atoms. The standard InChI is InChI=1S/C13H14N2O/c1-9-5-10(2)7-12(6-9)15-13(16)11-3-4-14-8-11/h3-8,14H,1-2H3,(H,15,16). The molecule has 1 heterocycles. The van der Waals surface area contributed by atoms with Crippen molar-refractivity contribution in [3.05, 3.63) is 53.3 Å². The Labute approximate surface area is 94.5 Å². The lowest BCUT2D eigenvalue weighted by Gasteiger charge is -2.06. The number of benzene rings is 1. The molecule has 2 aromatic rings. The number of rotatable bonds is 2. The monoisotopic (exact) mass is 214 g/mol. The minimum Gasteiger partial charge on any atom is -0.367 e. The SMILES string of the molecule is Cc1cc(C)cc(NC(=O)c2cc[nH]c2)c1. The van der Waals surface area contributed by atoms with Crippen molar-refractivity contribution in [3.63, 3.8) is 0 Å². The largest absolute Gasteiger partial charge is 0.367 e. The predicted octanol–water partition coefficient (Wildman–Crippen LogP) is 2.88. The third kappa shape index (κ3) is 2.31. The Kier molecular flexibility index (Phi) is 2.77. The van der Waals surface area contributed by atoms with E-state index < -0.39 is 0 Å². The zero-order valence-corrected chi connectivity index (χ0v) is 9.37. The van der Waals surface area contributed by atoms with Gasteiger partial charge in [0.15, 0.2) is 0 Å². The molecule has 0 radical (unpaired) electrons. The molecule has 0 atom stereocenters. The number of aryl methyl sites for hydroxylation is 2. The minimum atomic E-state index is -0.0914. The van der Waals surface area contributed by atoms with Gasteiger partial charge in [-0.25, -0.2) is 0 Å². The van der Waals surface area contributed by atoms with Gasteiger partial charge < -0.3 is 10.3 Å². The molecule has 0 aliphatic heterocycles. The zero-order chi connectivity index (χ0) is 11.5. The quantitative estimate of drug-likeness (QED) is 0.793. The summed E-state index contributed by atoms with van der Waals surface area (Å²) >= 11 is 0. The molecule has 0 spiro atoms. The molecule has 16 heavy (non-hydrogen) atoms. The maximum absolute atomic E-state index is 11.8. The molecule has 0 saturated heterocycles. The Hall–Kier alpha value is -2.03. The first-order valence-electron chi connectivity index (χ1n) is 5.17. The van der Waals surface area contributed by atoms with Gasteiger partial charge in [0.1, 0.15) is 0 Å². The van der Waals surface area contributed by atoms with Crippen molar-refractivity contribution in [1.82, 2.24) is 4.98 Å². The molecule has 0 unspecified atom stereocenters. The lowest BCUT2D eigenvalue weighted by Crippen LogP contribution is -2.11. The van der Waals surface area contributed by atoms with Crippen LogP contribution in [0.5, 0.6) is 0 Å². The Morgan fingerprint density at radius 1 is 1.19 bits per heavy atom. The van der Waals surface area contributed by atoms with E-state index in [0.29, 0.717) is 5.56 Å². The van der Waals surface area contributed by atoms with Crippen molar-refractivity contribution in [3.8, 4) is 0 Å². The van der Waals surface area contributed by atoms with E-state index in [0.717, 1.165) is 16.8 Å². The molecule has 1 aromatic carbocycles. The second kappa shape index (κ2) is 4.23. The molecule has 3 heteroatoms. The van der Waals surface area contributed by atoms with Gasteiger partial charge in [-0.05, 0) is 43.2 Å². The molecule has 1 amide bonds. The number of amides is 1. The van der Waals surface area contributed by atoms with Crippen LogP contribution in [0.15, 0.2) is 36.7 Å². The highest BCUT2D eigenvalue weighted by Gasteiger charge is 2.06. The molecule has 0 saturated carbocycles. The fraction of sp³-hybridized carbons (Fsp3) is 0.154. The zero-order valence-electron chi connectivity index (χ0n) is 9.37. The Bertz CT molecular complexity index is 480. The Balaban J connectivity index is 2.18. The number of aromatic amines is 1. The van der Waals surface area contributed by atoms with Gasteiger partial charge in [-0.1, -0.05) is 6.07 Å². The minimum absolute atomic E-state index is 0.0914. The topological polar surface area (TPSA) is 44.9 Å². The van der Waals surface area contributed by atoms with E-state index >= 15 is 0 Å². The van der Waals surface area contributed by atoms with Gasteiger partial charge in [0.2, 0.25) is 0 Å². The van der Waals surface area contributed by atoms with Crippen molar-refractivity contribution in [2.45, 2.75) is 13.8 Å². The van der Waals surface area contributed by atoms with Gasteiger partial charge in [-0.3, -0.25) is 4.79 Å². The lowest BCUT2D eigenvalue weighted by atomic mass is 10.1. The van der Waals surface area contributed by atoms with E-state index in [1.807, 2.05) is 26.0 Å². The number of H-pyrrole nitrogens is 1. The summed E-state index contributed by atoms with van der Waals surface area (Å²) in [5.74, 6) is -0.0914. The van der Waals surface area contributed by atoms with E-state index in [2.05, 4.69) is 16.4 Å². The van der Waals surface area contributed by atoms with Crippen molar-refractivity contribution < 1.29 is 4.79 Å². The maximum Gasteiger partial charge on any atom is 0.257 e. The molecule has 0 fully saturated rings. The molecule has 0 aliphatic rings. The van der Waals surface area contributed by atoms with Crippen molar-refractivity contribution in [2.75, 3.05) is 5.32 Å². The van der Waals surface area contributed by atoms with Crippen LogP contribution in [0, 0.1) is 13.8 Å². The number of carbonyl (C=O) groups is 1. The molecule has 2 N–H and O–H groups in total. The molecule has 3 nitrogen and oxygen atoms in total. The lowest BCUT2D eigenvalue weighted by molar-refractivity contribution is 0.102. The van der Waals surface area contributed by atoms with Crippen LogP contribution in [0.25, 0.3) is 0 Å². The smallest absolute Gasteiger partial charge is 0.257 e. The normalized spacial score (nSPS) is 10.1. The van der Waals surface area contributed by atoms with Crippen LogP contribution >= 0.6 is 0 Å². The number of nitrogens with one attached hydrogen (secondary N) is 2. The van der Waals surface area contributed by atoms with Crippen LogP contribution in [0.3, 0.4) is 0 Å². The van der Waals surface area contributed by atoms with Crippen LogP contribution < -0.4 is 5.32 Å². The van der Waals surface area contributed by atoms with E-state index in [1.165, 1.54) is 0 Å². The maximum atomic E-state index is 11.8. The summed E-state index contributed by atoms with van der Waals surface area (Å²) in [5, 5.41) is 2.87. The number of aromatic nitrogens is 1. The Morgan fingerprint density at radius 2 is 1.88 bits per heavy atom. The molecule has 2 rings (SSSR count). The van der Waals surface area contributed by atoms with Gasteiger partial charge in [0.25, 0.3) is 5.91 Å². The third-order valence-electron chi connectivity index (χ3n) is 2.34. The van der Waals surface area contributed by atoms with E-state index in [9.17, 15) is 4.79 Å². The molecule has 0 aliphatic carbocycles. The highest BCUT2D eigenvalue weighted by atomic mass is 16.1. The third-order valence-corrected chi connectivity index (χ3v) is 2.34. The molecule has 82 valence electrons. The van der Waals surface area contributed by atoms with E-state index in [1.54, 1.807) is 18.5 Å². The van der Waals surface area contributed by atoms with Crippen molar-refractivity contribution in [1.29, 1.82) is 0 Å². The van der Waals surface area contributed by atoms with Crippen LogP contribution in [0.2, 0.25) is 0 Å². The number of carbonyl (C=O) groups excluding carboxylic acids is 1. The van der Waals surface area contributed by atoms with Gasteiger partial charge in [-0.2, -0.15) is 0 Å². The number of hydrogen-bond acceptors (Lipinski definition) is 1. The summed E-state index contributed by atoms with van der Waals surface area (Å²) in [7, 11) is 0. The van der Waals surface area contributed by atoms with Crippen LogP contribution in [-0.4, -0.2) is 10.9 Å². The fourth-order valence-corrected chi connectivity index (χ4v) is 1.72. The van der Waals surface area contributed by atoms with Crippen LogP contribution in [-0.2, 0) is 0 Å². The summed E-state index contributed by atoms with van der Waals surface area (Å²) in [5.41, 5.74) is 3.76. The first-order valence-corrected chi connectivity index (χ1v) is 5.17. The molecular formula is C13H14N2O. The van der Waals surface area contributed by atoms with Crippen molar-refractivity contribution >= 4 is 11.6 Å². The van der Waals surface area contributed by atoms with E-state index in [-0.39, 0.29) is 5.91 Å². The summed E-state index contributed by atoms with van der Waals surface area (Å²) < 4.78 is 0. The van der Waals surface area contributed by atoms with Gasteiger partial charge in [-0.15, -0.1) is 0 Å². The van der Waals surface area contributed by atoms with Gasteiger partial charge >= 0.3 is 0 Å². The van der Waals surface area contributed by atoms with Crippen LogP contribution in [0.4, 0.5) is 5.69 Å². The second-order valence-electron chi connectivity index (χ2n) is 3.93. The predicted molar refractivity (Wildman–Crippen MR) is 64.7 cm³/mol. The summed E-state index contributed by atoms with van der Waals surface area (Å²) in [4.78, 5) is 14.6. The number of hydrogen-bond donors (Lipinski definition) is 2. The summed E-state index contributed by atoms with van der Waals surface area (Å²) in [6, 6.07) is 7.74. The fourth-order valence-electron chi connectivity index (χ4n) is 1.72. The molecule has 1 aromatic heterocycles. The summed E-state index contributed by atoms with van der Waals surface area (Å²) in [6.45, 7) is 4.03. The average Bonchev–Trinajstić information content (AvgIpc) is 2.68. The van der Waals surface area contributed by atoms with Gasteiger partial charge in [0.05, 0.1) is 5.56 Å². The highest BCUT2D eigenvalue weighted by Crippen LogP contribution is 2.14.